The molecule has 100 valence electrons. The fourth-order valence-corrected chi connectivity index (χ4v) is 3.70. The van der Waals surface area contributed by atoms with Gasteiger partial charge in [-0.15, -0.1) is 0 Å². The third-order valence-corrected chi connectivity index (χ3v) is 5.02. The van der Waals surface area contributed by atoms with E-state index in [0.717, 1.165) is 19.4 Å². The van der Waals surface area contributed by atoms with Crippen LogP contribution in [0.15, 0.2) is 29.2 Å². The molecule has 2 rings (SSSR count). The van der Waals surface area contributed by atoms with E-state index in [9.17, 15) is 12.8 Å². The molecule has 0 amide bonds. The molecule has 0 aromatic heterocycles. The predicted octanol–water partition coefficient (Wildman–Crippen LogP) is 1.99. The summed E-state index contributed by atoms with van der Waals surface area (Å²) in [5.41, 5.74) is 0. The van der Waals surface area contributed by atoms with Crippen LogP contribution in [0.1, 0.15) is 19.8 Å². The maximum Gasteiger partial charge on any atom is 0.179 e. The number of hydrogen-bond acceptors (Lipinski definition) is 3. The monoisotopic (exact) mass is 271 g/mol. The van der Waals surface area contributed by atoms with Crippen LogP contribution in [-0.4, -0.2) is 26.8 Å². The topological polar surface area (TPSA) is 46.2 Å². The Morgan fingerprint density at radius 2 is 1.94 bits per heavy atom. The standard InChI is InChI=1S/C13H18FNO2S/c1-2-15-13(10-3-4-10)9-18(16,17)12-7-5-11(14)6-8-12/h5-8,10,13,15H,2-4,9H2,1H3. The molecular formula is C13H18FNO2S. The number of benzene rings is 1. The van der Waals surface area contributed by atoms with Crippen molar-refractivity contribution in [1.82, 2.24) is 5.32 Å². The number of rotatable bonds is 6. The maximum atomic E-state index is 12.8. The van der Waals surface area contributed by atoms with Crippen molar-refractivity contribution in [2.75, 3.05) is 12.3 Å². The van der Waals surface area contributed by atoms with Crippen LogP contribution in [0.4, 0.5) is 4.39 Å². The molecule has 0 radical (unpaired) electrons. The van der Waals surface area contributed by atoms with Gasteiger partial charge in [0.25, 0.3) is 0 Å². The van der Waals surface area contributed by atoms with Gasteiger partial charge in [-0.2, -0.15) is 0 Å². The molecule has 0 aliphatic heterocycles. The van der Waals surface area contributed by atoms with Gasteiger partial charge < -0.3 is 5.32 Å². The van der Waals surface area contributed by atoms with Crippen LogP contribution in [0.5, 0.6) is 0 Å². The molecule has 1 aliphatic rings. The van der Waals surface area contributed by atoms with Crippen molar-refractivity contribution < 1.29 is 12.8 Å². The normalized spacial score (nSPS) is 17.7. The van der Waals surface area contributed by atoms with Crippen LogP contribution in [0, 0.1) is 11.7 Å². The number of halogens is 1. The van der Waals surface area contributed by atoms with Crippen LogP contribution in [0.2, 0.25) is 0 Å². The highest BCUT2D eigenvalue weighted by Gasteiger charge is 2.34. The maximum absolute atomic E-state index is 12.8. The highest BCUT2D eigenvalue weighted by molar-refractivity contribution is 7.91. The minimum absolute atomic E-state index is 0.0186. The van der Waals surface area contributed by atoms with E-state index in [0.29, 0.717) is 5.92 Å². The summed E-state index contributed by atoms with van der Waals surface area (Å²) in [6.45, 7) is 2.74. The van der Waals surface area contributed by atoms with Gasteiger partial charge in [-0.05, 0) is 49.6 Å². The molecule has 18 heavy (non-hydrogen) atoms. The lowest BCUT2D eigenvalue weighted by molar-refractivity contribution is 0.502. The van der Waals surface area contributed by atoms with E-state index < -0.39 is 15.7 Å². The molecule has 3 nitrogen and oxygen atoms in total. The smallest absolute Gasteiger partial charge is 0.179 e. The SMILES string of the molecule is CCNC(CS(=O)(=O)c1ccc(F)cc1)C1CC1. The zero-order chi connectivity index (χ0) is 13.2. The molecule has 1 aromatic carbocycles. The van der Waals surface area contributed by atoms with Crippen molar-refractivity contribution >= 4 is 9.84 Å². The lowest BCUT2D eigenvalue weighted by Crippen LogP contribution is -2.37. The molecule has 1 unspecified atom stereocenters. The summed E-state index contributed by atoms with van der Waals surface area (Å²) in [5, 5.41) is 3.23. The van der Waals surface area contributed by atoms with E-state index in [2.05, 4.69) is 5.32 Å². The van der Waals surface area contributed by atoms with Gasteiger partial charge in [0.2, 0.25) is 0 Å². The molecule has 5 heteroatoms. The molecule has 0 bridgehead atoms. The van der Waals surface area contributed by atoms with Crippen molar-refractivity contribution in [3.63, 3.8) is 0 Å². The summed E-state index contributed by atoms with van der Waals surface area (Å²) >= 11 is 0. The average Bonchev–Trinajstić information content (AvgIpc) is 3.12. The molecule has 0 spiro atoms. The van der Waals surface area contributed by atoms with Crippen molar-refractivity contribution in [3.8, 4) is 0 Å². The van der Waals surface area contributed by atoms with Gasteiger partial charge in [0.15, 0.2) is 9.84 Å². The second-order valence-corrected chi connectivity index (χ2v) is 6.77. The Labute approximate surface area is 107 Å². The summed E-state index contributed by atoms with van der Waals surface area (Å²) in [6, 6.07) is 5.06. The van der Waals surface area contributed by atoms with E-state index >= 15 is 0 Å². The van der Waals surface area contributed by atoms with E-state index in [-0.39, 0.29) is 16.7 Å². The first kappa shape index (κ1) is 13.5. The Kier molecular flexibility index (Phi) is 4.02. The van der Waals surface area contributed by atoms with E-state index in [1.54, 1.807) is 0 Å². The van der Waals surface area contributed by atoms with Gasteiger partial charge in [-0.3, -0.25) is 0 Å². The van der Waals surface area contributed by atoms with Gasteiger partial charge in [-0.1, -0.05) is 6.92 Å². The molecule has 1 aliphatic carbocycles. The number of sulfone groups is 1. The molecule has 1 saturated carbocycles. The highest BCUT2D eigenvalue weighted by atomic mass is 32.2. The molecule has 1 N–H and O–H groups in total. The van der Waals surface area contributed by atoms with Crippen LogP contribution in [-0.2, 0) is 9.84 Å². The number of nitrogens with one attached hydrogen (secondary N) is 1. The first-order chi connectivity index (χ1) is 8.53. The first-order valence-corrected chi connectivity index (χ1v) is 7.90. The van der Waals surface area contributed by atoms with Crippen LogP contribution < -0.4 is 5.32 Å². The van der Waals surface area contributed by atoms with Crippen molar-refractivity contribution in [2.24, 2.45) is 5.92 Å². The fourth-order valence-electron chi connectivity index (χ4n) is 2.10. The zero-order valence-electron chi connectivity index (χ0n) is 10.4. The molecular weight excluding hydrogens is 253 g/mol. The molecule has 1 aromatic rings. The van der Waals surface area contributed by atoms with E-state index in [1.807, 2.05) is 6.92 Å². The number of hydrogen-bond donors (Lipinski definition) is 1. The average molecular weight is 271 g/mol. The Morgan fingerprint density at radius 3 is 2.44 bits per heavy atom. The first-order valence-electron chi connectivity index (χ1n) is 6.24. The molecule has 0 heterocycles. The van der Waals surface area contributed by atoms with E-state index in [4.69, 9.17) is 0 Å². The molecule has 1 atom stereocenters. The Balaban J connectivity index is 2.12. The summed E-state index contributed by atoms with van der Waals surface area (Å²) in [5.74, 6) is 0.150. The van der Waals surface area contributed by atoms with Gasteiger partial charge in [0.1, 0.15) is 5.82 Å². The lowest BCUT2D eigenvalue weighted by Gasteiger charge is -2.17. The van der Waals surface area contributed by atoms with Crippen LogP contribution in [0.3, 0.4) is 0 Å². The molecule has 0 saturated heterocycles. The second kappa shape index (κ2) is 5.36. The summed E-state index contributed by atoms with van der Waals surface area (Å²) in [4.78, 5) is 0.201. The highest BCUT2D eigenvalue weighted by Crippen LogP contribution is 2.33. The minimum atomic E-state index is -3.33. The van der Waals surface area contributed by atoms with E-state index in [1.165, 1.54) is 24.3 Å². The van der Waals surface area contributed by atoms with Crippen molar-refractivity contribution in [1.29, 1.82) is 0 Å². The quantitative estimate of drug-likeness (QED) is 0.805. The second-order valence-electron chi connectivity index (χ2n) is 4.74. The van der Waals surface area contributed by atoms with Crippen LogP contribution in [0.25, 0.3) is 0 Å². The van der Waals surface area contributed by atoms with Crippen LogP contribution >= 0.6 is 0 Å². The van der Waals surface area contributed by atoms with Crippen molar-refractivity contribution in [3.05, 3.63) is 30.1 Å². The largest absolute Gasteiger partial charge is 0.313 e. The Hall–Kier alpha value is -0.940. The third-order valence-electron chi connectivity index (χ3n) is 3.23. The van der Waals surface area contributed by atoms with Gasteiger partial charge in [0.05, 0.1) is 10.6 Å². The predicted molar refractivity (Wildman–Crippen MR) is 68.6 cm³/mol. The van der Waals surface area contributed by atoms with Crippen molar-refractivity contribution in [2.45, 2.75) is 30.7 Å². The zero-order valence-corrected chi connectivity index (χ0v) is 11.2. The summed E-state index contributed by atoms with van der Waals surface area (Å²) in [7, 11) is -3.33. The van der Waals surface area contributed by atoms with Gasteiger partial charge in [0, 0.05) is 6.04 Å². The Morgan fingerprint density at radius 1 is 1.33 bits per heavy atom. The lowest BCUT2D eigenvalue weighted by atomic mass is 10.2. The van der Waals surface area contributed by atoms with Gasteiger partial charge >= 0.3 is 0 Å². The molecule has 1 fully saturated rings. The minimum Gasteiger partial charge on any atom is -0.313 e. The Bertz CT molecular complexity index is 494. The summed E-state index contributed by atoms with van der Waals surface area (Å²) < 4.78 is 37.2. The summed E-state index contributed by atoms with van der Waals surface area (Å²) in [6.07, 6.45) is 2.19. The fraction of sp³-hybridized carbons (Fsp3) is 0.538. The van der Waals surface area contributed by atoms with Gasteiger partial charge in [-0.25, -0.2) is 12.8 Å². The third kappa shape index (κ3) is 3.29.